The highest BCUT2D eigenvalue weighted by Gasteiger charge is 2.21. The molecular weight excluding hydrogens is 237 g/mol. The second-order valence-electron chi connectivity index (χ2n) is 4.87. The first kappa shape index (κ1) is 14.6. The number of aliphatic hydroxyl groups excluding tert-OH is 2. The molecule has 0 aliphatic rings. The van der Waals surface area contributed by atoms with Gasteiger partial charge in [-0.05, 0) is 31.5 Å². The number of carbonyl (C=O) groups is 1. The van der Waals surface area contributed by atoms with Crippen molar-refractivity contribution < 1.29 is 19.4 Å². The highest BCUT2D eigenvalue weighted by molar-refractivity contribution is 5.77. The molecule has 0 radical (unpaired) electrons. The van der Waals surface area contributed by atoms with E-state index in [1.165, 1.54) is 18.2 Å². The predicted octanol–water partition coefficient (Wildman–Crippen LogP) is 1.14. The van der Waals surface area contributed by atoms with Gasteiger partial charge in [-0.2, -0.15) is 0 Å². The molecule has 0 aliphatic carbocycles. The molecule has 0 saturated carbocycles. The smallest absolute Gasteiger partial charge is 0.223 e. The van der Waals surface area contributed by atoms with Gasteiger partial charge in [-0.25, -0.2) is 4.39 Å². The first-order valence-corrected chi connectivity index (χ1v) is 5.69. The average molecular weight is 255 g/mol. The van der Waals surface area contributed by atoms with Gasteiger partial charge in [0.15, 0.2) is 0 Å². The maximum atomic E-state index is 12.9. The molecular formula is C13H18FNO3. The molecule has 5 heteroatoms. The lowest BCUT2D eigenvalue weighted by Gasteiger charge is -2.24. The second kappa shape index (κ2) is 5.93. The van der Waals surface area contributed by atoms with Crippen LogP contribution in [0, 0.1) is 5.82 Å². The van der Waals surface area contributed by atoms with Crippen LogP contribution in [0.2, 0.25) is 0 Å². The Labute approximate surface area is 105 Å². The van der Waals surface area contributed by atoms with Crippen molar-refractivity contribution in [1.29, 1.82) is 0 Å². The molecule has 0 saturated heterocycles. The van der Waals surface area contributed by atoms with Gasteiger partial charge in [0.2, 0.25) is 5.91 Å². The fourth-order valence-electron chi connectivity index (χ4n) is 1.48. The molecule has 4 nitrogen and oxygen atoms in total. The molecule has 0 heterocycles. The molecule has 1 amide bonds. The number of aliphatic hydroxyl groups is 2. The van der Waals surface area contributed by atoms with E-state index in [4.69, 9.17) is 5.11 Å². The third kappa shape index (κ3) is 4.43. The lowest BCUT2D eigenvalue weighted by Crippen LogP contribution is -2.46. The predicted molar refractivity (Wildman–Crippen MR) is 65.3 cm³/mol. The van der Waals surface area contributed by atoms with E-state index in [-0.39, 0.29) is 13.0 Å². The molecule has 0 aromatic heterocycles. The summed E-state index contributed by atoms with van der Waals surface area (Å²) in [4.78, 5) is 11.6. The van der Waals surface area contributed by atoms with Gasteiger partial charge < -0.3 is 15.5 Å². The van der Waals surface area contributed by atoms with Crippen LogP contribution in [0.15, 0.2) is 24.3 Å². The van der Waals surface area contributed by atoms with E-state index in [0.29, 0.717) is 5.56 Å². The highest BCUT2D eigenvalue weighted by atomic mass is 19.1. The summed E-state index contributed by atoms with van der Waals surface area (Å²) in [5.41, 5.74) is -0.384. The van der Waals surface area contributed by atoms with E-state index < -0.39 is 23.4 Å². The van der Waals surface area contributed by atoms with Crippen LogP contribution in [-0.4, -0.2) is 28.3 Å². The van der Waals surface area contributed by atoms with E-state index in [1.54, 1.807) is 19.9 Å². The van der Waals surface area contributed by atoms with Gasteiger partial charge in [-0.3, -0.25) is 4.79 Å². The third-order valence-electron chi connectivity index (χ3n) is 2.49. The summed E-state index contributed by atoms with van der Waals surface area (Å²) in [5.74, 6) is -0.853. The van der Waals surface area contributed by atoms with Crippen LogP contribution in [0.5, 0.6) is 0 Å². The number of carbonyl (C=O) groups excluding carboxylic acids is 1. The minimum Gasteiger partial charge on any atom is -0.394 e. The number of halogens is 1. The van der Waals surface area contributed by atoms with E-state index in [0.717, 1.165) is 0 Å². The van der Waals surface area contributed by atoms with Gasteiger partial charge in [0.25, 0.3) is 0 Å². The van der Waals surface area contributed by atoms with Crippen LogP contribution in [0.3, 0.4) is 0 Å². The largest absolute Gasteiger partial charge is 0.394 e. The third-order valence-corrected chi connectivity index (χ3v) is 2.49. The summed E-state index contributed by atoms with van der Waals surface area (Å²) in [6.07, 6.45) is -1.23. The summed E-state index contributed by atoms with van der Waals surface area (Å²) in [7, 11) is 0. The molecule has 3 N–H and O–H groups in total. The Morgan fingerprint density at radius 3 is 2.72 bits per heavy atom. The van der Waals surface area contributed by atoms with Crippen molar-refractivity contribution in [2.75, 3.05) is 6.61 Å². The number of amides is 1. The number of hydrogen-bond acceptors (Lipinski definition) is 3. The summed E-state index contributed by atoms with van der Waals surface area (Å²) in [6, 6.07) is 5.49. The Kier molecular flexibility index (Phi) is 4.81. The van der Waals surface area contributed by atoms with Crippen LogP contribution in [0.4, 0.5) is 4.39 Å². The molecule has 0 bridgehead atoms. The van der Waals surface area contributed by atoms with Crippen LogP contribution in [0.1, 0.15) is 31.9 Å². The van der Waals surface area contributed by atoms with E-state index in [2.05, 4.69) is 5.32 Å². The minimum atomic E-state index is -1.06. The Hall–Kier alpha value is -1.46. The molecule has 0 aliphatic heterocycles. The fraction of sp³-hybridized carbons (Fsp3) is 0.462. The van der Waals surface area contributed by atoms with Crippen molar-refractivity contribution in [2.45, 2.75) is 31.9 Å². The van der Waals surface area contributed by atoms with E-state index in [9.17, 15) is 14.3 Å². The summed E-state index contributed by atoms with van der Waals surface area (Å²) in [5, 5.41) is 21.4. The first-order chi connectivity index (χ1) is 8.34. The van der Waals surface area contributed by atoms with Gasteiger partial charge in [0, 0.05) is 0 Å². The van der Waals surface area contributed by atoms with Crippen molar-refractivity contribution in [3.63, 3.8) is 0 Å². The summed E-state index contributed by atoms with van der Waals surface area (Å²) >= 11 is 0. The molecule has 1 atom stereocenters. The Balaban J connectivity index is 2.60. The van der Waals surface area contributed by atoms with Crippen molar-refractivity contribution in [3.8, 4) is 0 Å². The fourth-order valence-corrected chi connectivity index (χ4v) is 1.48. The zero-order chi connectivity index (χ0) is 13.8. The van der Waals surface area contributed by atoms with Crippen LogP contribution >= 0.6 is 0 Å². The van der Waals surface area contributed by atoms with E-state index >= 15 is 0 Å². The Morgan fingerprint density at radius 1 is 1.50 bits per heavy atom. The molecule has 0 unspecified atom stereocenters. The van der Waals surface area contributed by atoms with Gasteiger partial charge in [-0.15, -0.1) is 0 Å². The normalized spacial score (nSPS) is 13.2. The van der Waals surface area contributed by atoms with E-state index in [1.807, 2.05) is 0 Å². The van der Waals surface area contributed by atoms with Crippen LogP contribution in [-0.2, 0) is 4.79 Å². The van der Waals surface area contributed by atoms with Gasteiger partial charge in [-0.1, -0.05) is 12.1 Å². The van der Waals surface area contributed by atoms with Crippen LogP contribution in [0.25, 0.3) is 0 Å². The van der Waals surface area contributed by atoms with Gasteiger partial charge in [0.05, 0.1) is 24.7 Å². The molecule has 1 aromatic carbocycles. The highest BCUT2D eigenvalue weighted by Crippen LogP contribution is 2.17. The second-order valence-corrected chi connectivity index (χ2v) is 4.87. The van der Waals surface area contributed by atoms with Crippen molar-refractivity contribution in [2.24, 2.45) is 0 Å². The minimum absolute atomic E-state index is 0.174. The number of rotatable bonds is 5. The topological polar surface area (TPSA) is 69.6 Å². The standard InChI is InChI=1S/C13H18FNO3/c1-13(2,8-16)15-12(18)7-11(17)9-4-3-5-10(14)6-9/h3-6,11,16-17H,7-8H2,1-2H3,(H,15,18)/t11-/m1/s1. The lowest BCUT2D eigenvalue weighted by atomic mass is 10.0. The quantitative estimate of drug-likeness (QED) is 0.739. The summed E-state index contributed by atoms with van der Waals surface area (Å²) < 4.78 is 12.9. The molecule has 100 valence electrons. The average Bonchev–Trinajstić information content (AvgIpc) is 2.28. The van der Waals surface area contributed by atoms with Crippen LogP contribution < -0.4 is 5.32 Å². The maximum Gasteiger partial charge on any atom is 0.223 e. The zero-order valence-corrected chi connectivity index (χ0v) is 10.5. The maximum absolute atomic E-state index is 12.9. The molecule has 1 aromatic rings. The zero-order valence-electron chi connectivity index (χ0n) is 10.5. The monoisotopic (exact) mass is 255 g/mol. The van der Waals surface area contributed by atoms with Crippen molar-refractivity contribution >= 4 is 5.91 Å². The van der Waals surface area contributed by atoms with Crippen molar-refractivity contribution in [1.82, 2.24) is 5.32 Å². The molecule has 1 rings (SSSR count). The molecule has 18 heavy (non-hydrogen) atoms. The van der Waals surface area contributed by atoms with Gasteiger partial charge >= 0.3 is 0 Å². The number of benzene rings is 1. The number of nitrogens with one attached hydrogen (secondary N) is 1. The van der Waals surface area contributed by atoms with Crippen molar-refractivity contribution in [3.05, 3.63) is 35.6 Å². The Bertz CT molecular complexity index is 420. The molecule has 0 fully saturated rings. The van der Waals surface area contributed by atoms with Gasteiger partial charge in [0.1, 0.15) is 5.82 Å². The molecule has 0 spiro atoms. The first-order valence-electron chi connectivity index (χ1n) is 5.69. The Morgan fingerprint density at radius 2 is 2.17 bits per heavy atom. The number of hydrogen-bond donors (Lipinski definition) is 3. The lowest BCUT2D eigenvalue weighted by molar-refractivity contribution is -0.125. The summed E-state index contributed by atoms with van der Waals surface area (Å²) in [6.45, 7) is 3.13. The SMILES string of the molecule is CC(C)(CO)NC(=O)C[C@@H](O)c1cccc(F)c1.